The molecule has 1 N–H and O–H groups in total. The molecule has 0 saturated carbocycles. The molecule has 0 spiro atoms. The molecule has 2 aromatic carbocycles. The molecule has 2 saturated heterocycles. The summed E-state index contributed by atoms with van der Waals surface area (Å²) in [6.07, 6.45) is 6.27. The van der Waals surface area contributed by atoms with Crippen molar-refractivity contribution < 1.29 is 24.0 Å². The predicted octanol–water partition coefficient (Wildman–Crippen LogP) is 2.13. The van der Waals surface area contributed by atoms with Crippen LogP contribution in [0.25, 0.3) is 10.8 Å². The molecular formula is C27H29N3O4S2. The summed E-state index contributed by atoms with van der Waals surface area (Å²) in [6, 6.07) is 13.3. The highest BCUT2D eigenvalue weighted by atomic mass is 32.2. The van der Waals surface area contributed by atoms with Gasteiger partial charge in [0.2, 0.25) is 5.91 Å². The number of fused-ring (bicyclic) bond motifs is 2. The van der Waals surface area contributed by atoms with E-state index in [-0.39, 0.29) is 17.4 Å². The number of hydrogen-bond donors (Lipinski definition) is 1. The first-order valence-corrected chi connectivity index (χ1v) is 14.2. The van der Waals surface area contributed by atoms with Gasteiger partial charge in [-0.2, -0.15) is 0 Å². The number of quaternary nitrogens is 1. The van der Waals surface area contributed by atoms with Crippen LogP contribution in [0.15, 0.2) is 70.8 Å². The van der Waals surface area contributed by atoms with Gasteiger partial charge >= 0.3 is 0 Å². The standard InChI is InChI=1S/C27H29N3O4S2/c1-30(12-4-5-13-30)14-6-9-20-16-36-26-23(25(32)29(26)24(20)27(33)34)28-22(31)17-35-21-11-10-18-7-2-3-8-19(18)15-21/h2-3,6-11,15,23,26H,4-5,12-14,16-17H2,1H3,(H-,28,31,33,34)/b9-6+/t23-,26-/m1/s1. The van der Waals surface area contributed by atoms with Gasteiger partial charge in [0.25, 0.3) is 5.91 Å². The van der Waals surface area contributed by atoms with Gasteiger partial charge in [-0.25, -0.2) is 0 Å². The van der Waals surface area contributed by atoms with Crippen LogP contribution in [0.5, 0.6) is 0 Å². The molecule has 2 aromatic rings. The van der Waals surface area contributed by atoms with E-state index in [1.54, 1.807) is 0 Å². The molecule has 188 valence electrons. The number of carboxylic acids is 1. The molecule has 2 atom stereocenters. The molecular weight excluding hydrogens is 494 g/mol. The van der Waals surface area contributed by atoms with Gasteiger partial charge in [0.05, 0.1) is 44.1 Å². The zero-order valence-electron chi connectivity index (χ0n) is 20.1. The Hall–Kier alpha value is -2.75. The number of allylic oxidation sites excluding steroid dienone is 1. The summed E-state index contributed by atoms with van der Waals surface area (Å²) < 4.78 is 0.953. The van der Waals surface area contributed by atoms with Crippen LogP contribution >= 0.6 is 23.5 Å². The smallest absolute Gasteiger partial charge is 0.253 e. The SMILES string of the molecule is C[N+]1(C/C=C/C2=C(C(=O)[O-])N3C(=O)[C@@H](NC(=O)CSc4ccc5ccccc5c4)[C@H]3SC2)CCCC1. The Morgan fingerprint density at radius 3 is 2.69 bits per heavy atom. The van der Waals surface area contributed by atoms with Gasteiger partial charge in [-0.05, 0) is 34.6 Å². The maximum absolute atomic E-state index is 12.9. The molecule has 0 aliphatic carbocycles. The highest BCUT2D eigenvalue weighted by Gasteiger charge is 2.52. The molecule has 0 unspecified atom stereocenters. The molecule has 36 heavy (non-hydrogen) atoms. The van der Waals surface area contributed by atoms with E-state index in [1.807, 2.05) is 54.6 Å². The molecule has 2 amide bonds. The molecule has 0 bridgehead atoms. The third-order valence-corrected chi connectivity index (χ3v) is 9.41. The van der Waals surface area contributed by atoms with Crippen LogP contribution in [0.1, 0.15) is 12.8 Å². The maximum Gasteiger partial charge on any atom is 0.253 e. The van der Waals surface area contributed by atoms with Crippen LogP contribution in [0.2, 0.25) is 0 Å². The Morgan fingerprint density at radius 1 is 1.19 bits per heavy atom. The Balaban J connectivity index is 1.20. The van der Waals surface area contributed by atoms with E-state index < -0.39 is 23.3 Å². The van der Waals surface area contributed by atoms with Crippen molar-refractivity contribution >= 4 is 52.1 Å². The summed E-state index contributed by atoms with van der Waals surface area (Å²) in [5.74, 6) is -1.38. The first kappa shape index (κ1) is 24.9. The summed E-state index contributed by atoms with van der Waals surface area (Å²) in [7, 11) is 2.21. The summed E-state index contributed by atoms with van der Waals surface area (Å²) in [5.41, 5.74) is 0.521. The first-order chi connectivity index (χ1) is 17.3. The topological polar surface area (TPSA) is 89.5 Å². The van der Waals surface area contributed by atoms with Gasteiger partial charge in [-0.15, -0.1) is 23.5 Å². The first-order valence-electron chi connectivity index (χ1n) is 12.1. The van der Waals surface area contributed by atoms with Crippen LogP contribution < -0.4 is 10.4 Å². The van der Waals surface area contributed by atoms with E-state index in [4.69, 9.17) is 0 Å². The third kappa shape index (κ3) is 5.05. The van der Waals surface area contributed by atoms with Crippen molar-refractivity contribution in [3.63, 3.8) is 0 Å². The van der Waals surface area contributed by atoms with Gasteiger partial charge in [-0.1, -0.05) is 36.4 Å². The second-order valence-electron chi connectivity index (χ2n) is 9.77. The summed E-state index contributed by atoms with van der Waals surface area (Å²) in [4.78, 5) is 39.7. The number of aliphatic carboxylic acids is 1. The number of hydrogen-bond acceptors (Lipinski definition) is 6. The van der Waals surface area contributed by atoms with Crippen LogP contribution in [-0.2, 0) is 14.4 Å². The van der Waals surface area contributed by atoms with E-state index >= 15 is 0 Å². The van der Waals surface area contributed by atoms with Crippen molar-refractivity contribution in [3.8, 4) is 0 Å². The van der Waals surface area contributed by atoms with Crippen LogP contribution in [-0.4, -0.2) is 76.8 Å². The fourth-order valence-electron chi connectivity index (χ4n) is 5.11. The normalized spacial score (nSPS) is 23.1. The quantitative estimate of drug-likeness (QED) is 0.324. The number of thioether (sulfide) groups is 2. The molecule has 3 heterocycles. The number of likely N-dealkylation sites (N-methyl/N-ethyl adjacent to an activating group) is 1. The summed E-state index contributed by atoms with van der Waals surface area (Å²) in [6.45, 7) is 3.08. The van der Waals surface area contributed by atoms with Gasteiger partial charge in [0, 0.05) is 23.5 Å². The minimum absolute atomic E-state index is 0.0693. The van der Waals surface area contributed by atoms with Crippen molar-refractivity contribution in [3.05, 3.63) is 65.9 Å². The Morgan fingerprint density at radius 2 is 1.94 bits per heavy atom. The van der Waals surface area contributed by atoms with E-state index in [9.17, 15) is 19.5 Å². The fourth-order valence-corrected chi connectivity index (χ4v) is 7.19. The van der Waals surface area contributed by atoms with Gasteiger partial charge in [0.15, 0.2) is 0 Å². The predicted molar refractivity (Wildman–Crippen MR) is 141 cm³/mol. The van der Waals surface area contributed by atoms with Crippen molar-refractivity contribution in [2.75, 3.05) is 38.2 Å². The van der Waals surface area contributed by atoms with Gasteiger partial charge in [-0.3, -0.25) is 14.5 Å². The summed E-state index contributed by atoms with van der Waals surface area (Å²) >= 11 is 2.88. The van der Waals surface area contributed by atoms with E-state index in [0.717, 1.165) is 39.8 Å². The minimum atomic E-state index is -1.36. The Bertz CT molecular complexity index is 1270. The van der Waals surface area contributed by atoms with Crippen molar-refractivity contribution in [2.45, 2.75) is 29.2 Å². The molecule has 0 radical (unpaired) electrons. The average molecular weight is 524 g/mol. The van der Waals surface area contributed by atoms with Gasteiger partial charge < -0.3 is 19.7 Å². The van der Waals surface area contributed by atoms with Crippen molar-refractivity contribution in [1.29, 1.82) is 0 Å². The largest absolute Gasteiger partial charge is 0.543 e. The van der Waals surface area contributed by atoms with Crippen LogP contribution in [0.3, 0.4) is 0 Å². The monoisotopic (exact) mass is 523 g/mol. The Kier molecular flexibility index (Phi) is 7.14. The highest BCUT2D eigenvalue weighted by Crippen LogP contribution is 2.40. The number of β-lactam (4-membered cyclic amide) rings is 1. The lowest BCUT2D eigenvalue weighted by atomic mass is 10.0. The number of likely N-dealkylation sites (tertiary alicyclic amines) is 1. The van der Waals surface area contributed by atoms with Crippen molar-refractivity contribution in [1.82, 2.24) is 10.2 Å². The second-order valence-corrected chi connectivity index (χ2v) is 11.9. The number of amides is 2. The van der Waals surface area contributed by atoms with E-state index in [2.05, 4.69) is 12.4 Å². The zero-order valence-corrected chi connectivity index (χ0v) is 21.8. The molecule has 2 fully saturated rings. The fraction of sp³-hybridized carbons (Fsp3) is 0.370. The average Bonchev–Trinajstić information content (AvgIpc) is 3.31. The number of nitrogens with zero attached hydrogens (tertiary/aromatic N) is 2. The number of carbonyl (C=O) groups excluding carboxylic acids is 3. The second kappa shape index (κ2) is 10.3. The number of carboxylic acid groups (broad SMARTS) is 1. The Labute approximate surface area is 219 Å². The number of rotatable bonds is 8. The maximum atomic E-state index is 12.9. The van der Waals surface area contributed by atoms with Crippen LogP contribution in [0.4, 0.5) is 0 Å². The lowest BCUT2D eigenvalue weighted by molar-refractivity contribution is -0.891. The van der Waals surface area contributed by atoms with Crippen LogP contribution in [0, 0.1) is 0 Å². The molecule has 5 rings (SSSR count). The lowest BCUT2D eigenvalue weighted by Crippen LogP contribution is -2.71. The lowest BCUT2D eigenvalue weighted by Gasteiger charge is -2.50. The molecule has 3 aliphatic rings. The third-order valence-electron chi connectivity index (χ3n) is 7.11. The molecule has 9 heteroatoms. The highest BCUT2D eigenvalue weighted by molar-refractivity contribution is 8.00. The zero-order chi connectivity index (χ0) is 25.3. The molecule has 3 aliphatic heterocycles. The number of benzene rings is 2. The van der Waals surface area contributed by atoms with E-state index in [0.29, 0.717) is 11.3 Å². The molecule has 0 aromatic heterocycles. The van der Waals surface area contributed by atoms with Crippen molar-refractivity contribution in [2.24, 2.45) is 0 Å². The minimum Gasteiger partial charge on any atom is -0.543 e. The summed E-state index contributed by atoms with van der Waals surface area (Å²) in [5, 5.41) is 16.6. The number of carbonyl (C=O) groups is 3. The van der Waals surface area contributed by atoms with Gasteiger partial charge in [0.1, 0.15) is 11.4 Å². The molecule has 7 nitrogen and oxygen atoms in total. The number of nitrogens with one attached hydrogen (secondary N) is 1. The van der Waals surface area contributed by atoms with E-state index in [1.165, 1.54) is 41.3 Å².